The molecule has 1 atom stereocenters. The zero-order valence-corrected chi connectivity index (χ0v) is 10.8. The van der Waals surface area contributed by atoms with Gasteiger partial charge in [-0.15, -0.1) is 0 Å². The molecule has 4 rings (SSSR count). The van der Waals surface area contributed by atoms with Crippen molar-refractivity contribution in [3.8, 4) is 17.5 Å². The molecule has 3 heterocycles. The van der Waals surface area contributed by atoms with Crippen molar-refractivity contribution in [2.75, 3.05) is 5.73 Å². The lowest BCUT2D eigenvalue weighted by atomic mass is 10.2. The van der Waals surface area contributed by atoms with E-state index >= 15 is 0 Å². The number of furan rings is 1. The Balaban J connectivity index is 2.27. The van der Waals surface area contributed by atoms with Crippen LogP contribution in [0.5, 0.6) is 0 Å². The molecule has 1 aromatic carbocycles. The number of nitrogens with two attached hydrogens (primary N) is 1. The number of nitriles is 1. The van der Waals surface area contributed by atoms with Crippen molar-refractivity contribution in [3.05, 3.63) is 29.8 Å². The number of anilines is 1. The molecule has 3 aromatic rings. The molecule has 0 amide bonds. The number of nitrogens with zero attached hydrogens (tertiary/aromatic N) is 3. The monoisotopic (exact) mass is 282 g/mol. The second kappa shape index (κ2) is 3.65. The van der Waals surface area contributed by atoms with Crippen molar-refractivity contribution in [1.29, 1.82) is 5.26 Å². The molecule has 1 unspecified atom stereocenters. The third-order valence-electron chi connectivity index (χ3n) is 3.12. The van der Waals surface area contributed by atoms with Crippen LogP contribution in [-0.4, -0.2) is 14.2 Å². The Morgan fingerprint density at radius 2 is 2.15 bits per heavy atom. The Kier molecular flexibility index (Phi) is 2.03. The first-order valence-electron chi connectivity index (χ1n) is 5.71. The molecule has 0 radical (unpaired) electrons. The topological polar surface area (TPSA) is 106 Å². The van der Waals surface area contributed by atoms with Crippen molar-refractivity contribution in [2.45, 2.75) is 9.92 Å². The largest absolute Gasteiger partial charge is 0.454 e. The van der Waals surface area contributed by atoms with Crippen LogP contribution in [0.2, 0.25) is 0 Å². The summed E-state index contributed by atoms with van der Waals surface area (Å²) in [6.07, 6.45) is 0. The van der Waals surface area contributed by atoms with Gasteiger partial charge in [-0.2, -0.15) is 5.26 Å². The van der Waals surface area contributed by atoms with Crippen molar-refractivity contribution < 1.29 is 8.63 Å². The van der Waals surface area contributed by atoms with Gasteiger partial charge in [0.15, 0.2) is 10.8 Å². The van der Waals surface area contributed by atoms with E-state index in [1.807, 2.05) is 12.1 Å². The van der Waals surface area contributed by atoms with E-state index in [-0.39, 0.29) is 22.2 Å². The maximum Gasteiger partial charge on any atom is 0.221 e. The highest BCUT2D eigenvalue weighted by Crippen LogP contribution is 2.35. The Morgan fingerprint density at radius 3 is 2.95 bits per heavy atom. The van der Waals surface area contributed by atoms with Gasteiger partial charge in [-0.25, -0.2) is 14.2 Å². The number of benzene rings is 1. The molecule has 6 nitrogen and oxygen atoms in total. The highest BCUT2D eigenvalue weighted by Gasteiger charge is 2.25. The van der Waals surface area contributed by atoms with Crippen LogP contribution in [0, 0.1) is 11.3 Å². The van der Waals surface area contributed by atoms with Gasteiger partial charge in [0.05, 0.1) is 0 Å². The smallest absolute Gasteiger partial charge is 0.221 e. The number of fused-ring (bicyclic) bond motifs is 5. The van der Waals surface area contributed by atoms with Crippen molar-refractivity contribution in [1.82, 2.24) is 9.97 Å². The van der Waals surface area contributed by atoms with Crippen LogP contribution < -0.4 is 5.73 Å². The third-order valence-corrected chi connectivity index (χ3v) is 4.45. The summed E-state index contributed by atoms with van der Waals surface area (Å²) in [5.41, 5.74) is 6.66. The number of nitrogen functional groups attached to an aromatic ring is 1. The van der Waals surface area contributed by atoms with E-state index in [2.05, 4.69) is 9.97 Å². The van der Waals surface area contributed by atoms with E-state index < -0.39 is 10.8 Å². The molecule has 0 spiro atoms. The summed E-state index contributed by atoms with van der Waals surface area (Å²) < 4.78 is 18.3. The molecule has 0 fully saturated rings. The molecule has 0 aliphatic carbocycles. The number of aromatic nitrogens is 2. The molecular weight excluding hydrogens is 276 g/mol. The van der Waals surface area contributed by atoms with Crippen molar-refractivity contribution in [2.24, 2.45) is 0 Å². The molecule has 0 saturated heterocycles. The summed E-state index contributed by atoms with van der Waals surface area (Å²) in [5.74, 6) is 0.385. The normalized spacial score (nSPS) is 15.8. The lowest BCUT2D eigenvalue weighted by molar-refractivity contribution is 0.627. The average Bonchev–Trinajstić information content (AvgIpc) is 2.87. The molecule has 2 N–H and O–H groups in total. The Hall–Kier alpha value is -2.72. The molecule has 1 aliphatic rings. The van der Waals surface area contributed by atoms with Gasteiger partial charge in [0, 0.05) is 10.3 Å². The molecule has 5 bridgehead atoms. The van der Waals surface area contributed by atoms with Gasteiger partial charge >= 0.3 is 0 Å². The van der Waals surface area contributed by atoms with Crippen LogP contribution in [0.3, 0.4) is 0 Å². The van der Waals surface area contributed by atoms with E-state index in [0.29, 0.717) is 16.2 Å². The van der Waals surface area contributed by atoms with E-state index in [4.69, 9.17) is 10.2 Å². The second-order valence-corrected chi connectivity index (χ2v) is 5.70. The molecule has 1 aliphatic heterocycles. The van der Waals surface area contributed by atoms with E-state index in [9.17, 15) is 9.47 Å². The van der Waals surface area contributed by atoms with Crippen LogP contribution in [0.25, 0.3) is 22.4 Å². The standard InChI is InChI=1S/C13H6N4O2S/c14-5-8-11-10-3-6-1-2-7(4-9(6)19-10)20(18)12(8)17-13(15)16-11/h1-4H,(H2,15,16,17). The van der Waals surface area contributed by atoms with Gasteiger partial charge < -0.3 is 10.2 Å². The number of hydrogen-bond acceptors (Lipinski definition) is 6. The first-order valence-corrected chi connectivity index (χ1v) is 6.86. The minimum absolute atomic E-state index is 0.0346. The zero-order valence-electron chi connectivity index (χ0n) is 9.95. The predicted molar refractivity (Wildman–Crippen MR) is 71.0 cm³/mol. The Labute approximate surface area is 115 Å². The first-order chi connectivity index (χ1) is 9.67. The highest BCUT2D eigenvalue weighted by atomic mass is 32.2. The zero-order chi connectivity index (χ0) is 13.9. The fraction of sp³-hybridized carbons (Fsp3) is 0. The summed E-state index contributed by atoms with van der Waals surface area (Å²) in [5, 5.41) is 10.3. The summed E-state index contributed by atoms with van der Waals surface area (Å²) in [6.45, 7) is 0. The van der Waals surface area contributed by atoms with Gasteiger partial charge in [0.25, 0.3) is 0 Å². The van der Waals surface area contributed by atoms with Gasteiger partial charge in [-0.1, -0.05) is 0 Å². The van der Waals surface area contributed by atoms with E-state index in [1.54, 1.807) is 18.2 Å². The molecule has 96 valence electrons. The van der Waals surface area contributed by atoms with Gasteiger partial charge in [-0.3, -0.25) is 0 Å². The van der Waals surface area contributed by atoms with Gasteiger partial charge in [-0.05, 0) is 24.3 Å². The minimum atomic E-state index is -1.60. The maximum atomic E-state index is 12.6. The fourth-order valence-electron chi connectivity index (χ4n) is 2.23. The summed E-state index contributed by atoms with van der Waals surface area (Å²) in [7, 11) is -1.60. The van der Waals surface area contributed by atoms with Crippen LogP contribution in [0.15, 0.2) is 38.6 Å². The van der Waals surface area contributed by atoms with Gasteiger partial charge in [0.1, 0.15) is 33.7 Å². The minimum Gasteiger partial charge on any atom is -0.454 e. The van der Waals surface area contributed by atoms with Gasteiger partial charge in [0.2, 0.25) is 5.95 Å². The highest BCUT2D eigenvalue weighted by molar-refractivity contribution is 7.85. The maximum absolute atomic E-state index is 12.6. The fourth-order valence-corrected chi connectivity index (χ4v) is 3.36. The predicted octanol–water partition coefficient (Wildman–Crippen LogP) is 1.82. The SMILES string of the molecule is N#Cc1c2nc(N)nc1S(=O)c1ccc3cc-2oc3c1. The van der Waals surface area contributed by atoms with Crippen LogP contribution in [-0.2, 0) is 10.8 Å². The summed E-state index contributed by atoms with van der Waals surface area (Å²) >= 11 is 0. The lowest BCUT2D eigenvalue weighted by Gasteiger charge is -2.07. The Bertz CT molecular complexity index is 955. The Morgan fingerprint density at radius 1 is 1.30 bits per heavy atom. The molecule has 0 saturated carbocycles. The molecule has 2 aromatic heterocycles. The first kappa shape index (κ1) is 11.1. The van der Waals surface area contributed by atoms with Crippen LogP contribution in [0.4, 0.5) is 5.95 Å². The molecular formula is C13H6N4O2S. The van der Waals surface area contributed by atoms with E-state index in [1.165, 1.54) is 0 Å². The number of hydrogen-bond donors (Lipinski definition) is 1. The molecule has 20 heavy (non-hydrogen) atoms. The third kappa shape index (κ3) is 1.34. The van der Waals surface area contributed by atoms with E-state index in [0.717, 1.165) is 5.39 Å². The lowest BCUT2D eigenvalue weighted by Crippen LogP contribution is -2.07. The van der Waals surface area contributed by atoms with Crippen molar-refractivity contribution in [3.63, 3.8) is 0 Å². The van der Waals surface area contributed by atoms with Crippen molar-refractivity contribution >= 4 is 27.7 Å². The summed E-state index contributed by atoms with van der Waals surface area (Å²) in [4.78, 5) is 8.54. The van der Waals surface area contributed by atoms with Crippen LogP contribution >= 0.6 is 0 Å². The quantitative estimate of drug-likeness (QED) is 0.493. The average molecular weight is 282 g/mol. The second-order valence-electron chi connectivity index (χ2n) is 4.30. The molecule has 7 heteroatoms. The van der Waals surface area contributed by atoms with Crippen LogP contribution in [0.1, 0.15) is 5.56 Å². The number of rotatable bonds is 0. The summed E-state index contributed by atoms with van der Waals surface area (Å²) in [6, 6.07) is 9.00.